The smallest absolute Gasteiger partial charge is 0.259 e. The van der Waals surface area contributed by atoms with Gasteiger partial charge in [0.1, 0.15) is 5.82 Å². The van der Waals surface area contributed by atoms with Gasteiger partial charge in [-0.3, -0.25) is 4.79 Å². The molecule has 0 aliphatic heterocycles. The molecule has 0 saturated carbocycles. The third-order valence-corrected chi connectivity index (χ3v) is 3.83. The topological polar surface area (TPSA) is 77.2 Å². The first-order chi connectivity index (χ1) is 12.4. The molecule has 1 aromatic heterocycles. The van der Waals surface area contributed by atoms with Crippen molar-refractivity contribution in [3.05, 3.63) is 46.9 Å². The highest BCUT2D eigenvalue weighted by atomic mass is 19.1. The van der Waals surface area contributed by atoms with Crippen molar-refractivity contribution in [1.29, 1.82) is 0 Å². The normalized spacial score (nSPS) is 10.0. The minimum atomic E-state index is -0.627. The van der Waals surface area contributed by atoms with Gasteiger partial charge in [-0.25, -0.2) is 9.37 Å². The number of nitrogens with zero attached hydrogens (tertiary/aromatic N) is 1. The summed E-state index contributed by atoms with van der Waals surface area (Å²) < 4.78 is 20.0. The van der Waals surface area contributed by atoms with E-state index in [1.165, 1.54) is 12.1 Å². The lowest BCUT2D eigenvalue weighted by atomic mass is 10.1. The van der Waals surface area contributed by atoms with E-state index in [1.807, 2.05) is 6.92 Å². The number of hydrogen-bond acceptors (Lipinski definition) is 4. The second-order valence-corrected chi connectivity index (χ2v) is 5.77. The number of nitrogens with one attached hydrogen (secondary N) is 1. The fourth-order valence-corrected chi connectivity index (χ4v) is 2.28. The van der Waals surface area contributed by atoms with Crippen molar-refractivity contribution in [2.45, 2.75) is 33.6 Å². The predicted molar refractivity (Wildman–Crippen MR) is 101 cm³/mol. The number of anilines is 2. The Balaban J connectivity index is 2.11. The summed E-state index contributed by atoms with van der Waals surface area (Å²) in [5.74, 6) is 4.75. The second-order valence-electron chi connectivity index (χ2n) is 5.77. The molecule has 6 heteroatoms. The van der Waals surface area contributed by atoms with E-state index >= 15 is 0 Å². The van der Waals surface area contributed by atoms with Gasteiger partial charge in [-0.1, -0.05) is 6.07 Å². The maximum Gasteiger partial charge on any atom is 0.259 e. The molecule has 0 spiro atoms. The van der Waals surface area contributed by atoms with Gasteiger partial charge < -0.3 is 15.8 Å². The Hall–Kier alpha value is -3.07. The lowest BCUT2D eigenvalue weighted by molar-refractivity contribution is 0.102. The fourth-order valence-electron chi connectivity index (χ4n) is 2.28. The Kier molecular flexibility index (Phi) is 6.56. The number of unbranched alkanes of at least 4 members (excludes halogenated alkanes) is 1. The molecule has 2 rings (SSSR count). The van der Waals surface area contributed by atoms with Crippen molar-refractivity contribution in [2.75, 3.05) is 17.7 Å². The Morgan fingerprint density at radius 1 is 1.38 bits per heavy atom. The van der Waals surface area contributed by atoms with Gasteiger partial charge in [-0.15, -0.1) is 11.8 Å². The van der Waals surface area contributed by atoms with E-state index < -0.39 is 11.7 Å². The van der Waals surface area contributed by atoms with Crippen molar-refractivity contribution in [2.24, 2.45) is 0 Å². The van der Waals surface area contributed by atoms with Crippen molar-refractivity contribution in [3.63, 3.8) is 0 Å². The molecule has 136 valence electrons. The number of aromatic nitrogens is 1. The van der Waals surface area contributed by atoms with E-state index in [-0.39, 0.29) is 22.8 Å². The monoisotopic (exact) mass is 355 g/mol. The minimum absolute atomic E-state index is 0.0264. The van der Waals surface area contributed by atoms with Crippen LogP contribution in [0, 0.1) is 31.5 Å². The number of benzene rings is 1. The second kappa shape index (κ2) is 8.86. The molecule has 0 aliphatic carbocycles. The van der Waals surface area contributed by atoms with Crippen LogP contribution in [0.3, 0.4) is 0 Å². The first-order valence-electron chi connectivity index (χ1n) is 8.30. The predicted octanol–water partition coefficient (Wildman–Crippen LogP) is 3.85. The zero-order chi connectivity index (χ0) is 19.1. The molecule has 0 aliphatic rings. The number of nitrogens with two attached hydrogens (primary N) is 1. The number of carbonyl (C=O) groups is 1. The summed E-state index contributed by atoms with van der Waals surface area (Å²) >= 11 is 0. The van der Waals surface area contributed by atoms with Gasteiger partial charge in [0.25, 0.3) is 5.91 Å². The van der Waals surface area contributed by atoms with Gasteiger partial charge in [-0.05, 0) is 51.0 Å². The quantitative estimate of drug-likeness (QED) is 0.609. The zero-order valence-electron chi connectivity index (χ0n) is 15.1. The number of aryl methyl sites for hydroxylation is 2. The van der Waals surface area contributed by atoms with E-state index in [0.29, 0.717) is 19.4 Å². The van der Waals surface area contributed by atoms with Crippen LogP contribution >= 0.6 is 0 Å². The Morgan fingerprint density at radius 3 is 2.88 bits per heavy atom. The molecule has 0 fully saturated rings. The largest absolute Gasteiger partial charge is 0.490 e. The average molecular weight is 355 g/mol. The van der Waals surface area contributed by atoms with Gasteiger partial charge in [0.15, 0.2) is 11.6 Å². The van der Waals surface area contributed by atoms with Crippen molar-refractivity contribution < 1.29 is 13.9 Å². The van der Waals surface area contributed by atoms with Gasteiger partial charge in [-0.2, -0.15) is 0 Å². The lowest BCUT2D eigenvalue weighted by Gasteiger charge is -2.12. The highest BCUT2D eigenvalue weighted by molar-refractivity contribution is 6.07. The van der Waals surface area contributed by atoms with E-state index in [0.717, 1.165) is 11.3 Å². The van der Waals surface area contributed by atoms with Crippen molar-refractivity contribution in [3.8, 4) is 17.6 Å². The SMILES string of the molecule is CC#CCCCOc1cccc(NC(=O)c2cc(C)c(C)nc2N)c1F. The van der Waals surface area contributed by atoms with E-state index in [1.54, 1.807) is 26.0 Å². The summed E-state index contributed by atoms with van der Waals surface area (Å²) in [7, 11) is 0. The molecule has 2 aromatic rings. The average Bonchev–Trinajstić information content (AvgIpc) is 2.60. The summed E-state index contributed by atoms with van der Waals surface area (Å²) in [4.78, 5) is 16.6. The molecule has 0 bridgehead atoms. The summed E-state index contributed by atoms with van der Waals surface area (Å²) in [5.41, 5.74) is 7.62. The van der Waals surface area contributed by atoms with Gasteiger partial charge in [0, 0.05) is 12.1 Å². The summed E-state index contributed by atoms with van der Waals surface area (Å²) in [6.45, 7) is 5.75. The van der Waals surface area contributed by atoms with Crippen LogP contribution in [0.1, 0.15) is 41.4 Å². The fraction of sp³-hybridized carbons (Fsp3) is 0.300. The maximum absolute atomic E-state index is 14.6. The van der Waals surface area contributed by atoms with Crippen molar-refractivity contribution >= 4 is 17.4 Å². The van der Waals surface area contributed by atoms with E-state index in [9.17, 15) is 9.18 Å². The summed E-state index contributed by atoms with van der Waals surface area (Å²) in [6, 6.07) is 6.23. The molecule has 1 amide bonds. The Bertz CT molecular complexity index is 869. The highest BCUT2D eigenvalue weighted by Crippen LogP contribution is 2.26. The minimum Gasteiger partial charge on any atom is -0.490 e. The van der Waals surface area contributed by atoms with Gasteiger partial charge in [0.05, 0.1) is 17.9 Å². The maximum atomic E-state index is 14.6. The number of ether oxygens (including phenoxy) is 1. The first-order valence-corrected chi connectivity index (χ1v) is 8.30. The number of halogens is 1. The molecule has 0 atom stereocenters. The molecule has 3 N–H and O–H groups in total. The van der Waals surface area contributed by atoms with Crippen LogP contribution in [0.15, 0.2) is 24.3 Å². The molecular weight excluding hydrogens is 333 g/mol. The third-order valence-electron chi connectivity index (χ3n) is 3.83. The lowest BCUT2D eigenvalue weighted by Crippen LogP contribution is -2.17. The van der Waals surface area contributed by atoms with Crippen LogP contribution in [0.25, 0.3) is 0 Å². The first kappa shape index (κ1) is 19.3. The molecule has 0 saturated heterocycles. The molecule has 0 radical (unpaired) electrons. The number of rotatable bonds is 6. The number of nitrogen functional groups attached to an aromatic ring is 1. The molecule has 26 heavy (non-hydrogen) atoms. The summed E-state index contributed by atoms with van der Waals surface area (Å²) in [6.07, 6.45) is 1.38. The Labute approximate surface area is 152 Å². The summed E-state index contributed by atoms with van der Waals surface area (Å²) in [5, 5.41) is 2.53. The molecule has 5 nitrogen and oxygen atoms in total. The van der Waals surface area contributed by atoms with Crippen LogP contribution in [-0.2, 0) is 0 Å². The third kappa shape index (κ3) is 4.73. The molecule has 1 heterocycles. The van der Waals surface area contributed by atoms with E-state index in [2.05, 4.69) is 22.1 Å². The van der Waals surface area contributed by atoms with Gasteiger partial charge >= 0.3 is 0 Å². The number of pyridine rings is 1. The van der Waals surface area contributed by atoms with Crippen LogP contribution in [0.2, 0.25) is 0 Å². The highest BCUT2D eigenvalue weighted by Gasteiger charge is 2.16. The van der Waals surface area contributed by atoms with E-state index in [4.69, 9.17) is 10.5 Å². The van der Waals surface area contributed by atoms with Crippen LogP contribution in [0.5, 0.6) is 5.75 Å². The standard InChI is InChI=1S/C20H22FN3O2/c1-4-5-6-7-11-26-17-10-8-9-16(18(17)21)24-20(25)15-12-13(2)14(3)23-19(15)22/h8-10,12H,6-7,11H2,1-3H3,(H2,22,23)(H,24,25). The zero-order valence-corrected chi connectivity index (χ0v) is 15.1. The molecular formula is C20H22FN3O2. The van der Waals surface area contributed by atoms with Crippen LogP contribution in [-0.4, -0.2) is 17.5 Å². The van der Waals surface area contributed by atoms with Crippen molar-refractivity contribution in [1.82, 2.24) is 4.98 Å². The molecule has 0 unspecified atom stereocenters. The molecule has 1 aromatic carbocycles. The van der Waals surface area contributed by atoms with Crippen LogP contribution < -0.4 is 15.8 Å². The van der Waals surface area contributed by atoms with Gasteiger partial charge in [0.2, 0.25) is 0 Å². The number of hydrogen-bond donors (Lipinski definition) is 2. The van der Waals surface area contributed by atoms with Crippen LogP contribution in [0.4, 0.5) is 15.9 Å². The number of carbonyl (C=O) groups excluding carboxylic acids is 1. The number of amides is 1. The Morgan fingerprint density at radius 2 is 2.15 bits per heavy atom.